The third-order valence-corrected chi connectivity index (χ3v) is 5.48. The fourth-order valence-corrected chi connectivity index (χ4v) is 4.12. The molecule has 0 saturated heterocycles. The van der Waals surface area contributed by atoms with Crippen molar-refractivity contribution in [2.24, 2.45) is 0 Å². The number of anilines is 1. The lowest BCUT2D eigenvalue weighted by Crippen LogP contribution is -2.32. The van der Waals surface area contributed by atoms with Crippen molar-refractivity contribution in [2.45, 2.75) is 24.9 Å². The Balaban J connectivity index is 1.78. The van der Waals surface area contributed by atoms with E-state index in [1.165, 1.54) is 18.5 Å². The van der Waals surface area contributed by atoms with Crippen molar-refractivity contribution < 1.29 is 9.50 Å². The standard InChI is InChI=1S/C21H20FN7O2/c22-13-9-14-16-15(10-13)25-26-18(12-5-2-1-3-6-12)17(19(16)27-28-21(14)31)20-23-11-24-29(20)7-4-8-30/h1-3,5-6,9-11,17-18,25-26,30H,4,7-8H2,(H,28,31). The highest BCUT2D eigenvalue weighted by molar-refractivity contribution is 5.96. The summed E-state index contributed by atoms with van der Waals surface area (Å²) in [5, 5.41) is 21.2. The van der Waals surface area contributed by atoms with Crippen LogP contribution in [0.1, 0.15) is 35.5 Å². The first-order valence-corrected chi connectivity index (χ1v) is 9.94. The molecule has 0 aliphatic carbocycles. The van der Waals surface area contributed by atoms with Crippen molar-refractivity contribution in [2.75, 3.05) is 12.0 Å². The van der Waals surface area contributed by atoms with E-state index in [-0.39, 0.29) is 18.0 Å². The van der Waals surface area contributed by atoms with Gasteiger partial charge in [-0.1, -0.05) is 30.3 Å². The molecule has 2 aromatic carbocycles. The van der Waals surface area contributed by atoms with Crippen LogP contribution in [0.25, 0.3) is 10.8 Å². The van der Waals surface area contributed by atoms with Gasteiger partial charge in [-0.05, 0) is 24.1 Å². The summed E-state index contributed by atoms with van der Waals surface area (Å²) in [5.41, 5.74) is 7.80. The maximum atomic E-state index is 14.3. The highest BCUT2D eigenvalue weighted by atomic mass is 19.1. The quantitative estimate of drug-likeness (QED) is 0.388. The maximum absolute atomic E-state index is 14.3. The Labute approximate surface area is 175 Å². The first-order chi connectivity index (χ1) is 15.2. The Morgan fingerprint density at radius 2 is 2.03 bits per heavy atom. The highest BCUT2D eigenvalue weighted by Gasteiger charge is 2.36. The van der Waals surface area contributed by atoms with Crippen LogP contribution in [0.15, 0.2) is 53.6 Å². The molecule has 0 amide bonds. The van der Waals surface area contributed by atoms with Gasteiger partial charge < -0.3 is 10.5 Å². The number of rotatable bonds is 5. The Morgan fingerprint density at radius 1 is 1.19 bits per heavy atom. The topological polar surface area (TPSA) is 121 Å². The minimum Gasteiger partial charge on any atom is -0.396 e. The van der Waals surface area contributed by atoms with Crippen molar-refractivity contribution in [1.29, 1.82) is 0 Å². The van der Waals surface area contributed by atoms with Gasteiger partial charge in [-0.15, -0.1) is 0 Å². The van der Waals surface area contributed by atoms with E-state index in [1.54, 1.807) is 4.68 Å². The summed E-state index contributed by atoms with van der Waals surface area (Å²) >= 11 is 0. The molecule has 1 aliphatic rings. The summed E-state index contributed by atoms with van der Waals surface area (Å²) in [6.45, 7) is 0.495. The molecule has 2 unspecified atom stereocenters. The average Bonchev–Trinajstić information content (AvgIpc) is 3.18. The molecule has 0 radical (unpaired) electrons. The molecular formula is C21H20FN7O2. The van der Waals surface area contributed by atoms with Gasteiger partial charge in [0.1, 0.15) is 18.0 Å². The first-order valence-electron chi connectivity index (χ1n) is 9.94. The number of hydrazine groups is 1. The molecule has 0 spiro atoms. The van der Waals surface area contributed by atoms with E-state index in [9.17, 15) is 14.3 Å². The molecule has 1 aliphatic heterocycles. The Morgan fingerprint density at radius 3 is 2.84 bits per heavy atom. The van der Waals surface area contributed by atoms with Crippen molar-refractivity contribution >= 4 is 16.5 Å². The predicted molar refractivity (Wildman–Crippen MR) is 112 cm³/mol. The van der Waals surface area contributed by atoms with Gasteiger partial charge in [-0.2, -0.15) is 10.2 Å². The summed E-state index contributed by atoms with van der Waals surface area (Å²) in [5.74, 6) is -0.364. The molecule has 5 rings (SSSR count). The van der Waals surface area contributed by atoms with Gasteiger partial charge in [0, 0.05) is 18.5 Å². The summed E-state index contributed by atoms with van der Waals surface area (Å²) in [6, 6.07) is 11.9. The third kappa shape index (κ3) is 3.35. The Kier molecular flexibility index (Phi) is 4.92. The van der Waals surface area contributed by atoms with Crippen LogP contribution in [0.5, 0.6) is 0 Å². The van der Waals surface area contributed by atoms with Crippen molar-refractivity contribution in [3.8, 4) is 0 Å². The van der Waals surface area contributed by atoms with E-state index < -0.39 is 17.3 Å². The molecule has 4 N–H and O–H groups in total. The number of H-pyrrole nitrogens is 1. The zero-order valence-electron chi connectivity index (χ0n) is 16.4. The smallest absolute Gasteiger partial charge is 0.272 e. The molecule has 0 fully saturated rings. The molecule has 158 valence electrons. The van der Waals surface area contributed by atoms with Crippen molar-refractivity contribution in [3.63, 3.8) is 0 Å². The van der Waals surface area contributed by atoms with E-state index in [4.69, 9.17) is 0 Å². The number of aromatic nitrogens is 5. The highest BCUT2D eigenvalue weighted by Crippen LogP contribution is 2.41. The number of nitrogens with zero attached hydrogens (tertiary/aromatic N) is 4. The lowest BCUT2D eigenvalue weighted by molar-refractivity contribution is 0.275. The number of aromatic amines is 1. The number of halogens is 1. The van der Waals surface area contributed by atoms with Gasteiger partial charge in [-0.25, -0.2) is 24.6 Å². The van der Waals surface area contributed by atoms with E-state index in [0.29, 0.717) is 35.6 Å². The lowest BCUT2D eigenvalue weighted by atomic mass is 9.88. The first kappa shape index (κ1) is 19.3. The predicted octanol–water partition coefficient (Wildman–Crippen LogP) is 1.84. The van der Waals surface area contributed by atoms with E-state index >= 15 is 0 Å². The normalized spacial score (nSPS) is 18.0. The van der Waals surface area contributed by atoms with Crippen molar-refractivity contribution in [1.82, 2.24) is 30.4 Å². The van der Waals surface area contributed by atoms with Gasteiger partial charge in [0.25, 0.3) is 5.56 Å². The van der Waals surface area contributed by atoms with Crippen LogP contribution >= 0.6 is 0 Å². The fourth-order valence-electron chi connectivity index (χ4n) is 4.12. The zero-order valence-corrected chi connectivity index (χ0v) is 16.4. The number of benzene rings is 2. The van der Waals surface area contributed by atoms with E-state index in [1.807, 2.05) is 30.3 Å². The molecule has 2 atom stereocenters. The Hall–Kier alpha value is -3.63. The number of hydrogen-bond acceptors (Lipinski definition) is 7. The van der Waals surface area contributed by atoms with Crippen LogP contribution in [0.3, 0.4) is 0 Å². The van der Waals surface area contributed by atoms with E-state index in [0.717, 1.165) is 5.56 Å². The minimum atomic E-state index is -0.528. The van der Waals surface area contributed by atoms with Gasteiger partial charge in [-0.3, -0.25) is 4.79 Å². The van der Waals surface area contributed by atoms with Gasteiger partial charge >= 0.3 is 0 Å². The Bertz CT molecular complexity index is 1290. The molecule has 0 bridgehead atoms. The third-order valence-electron chi connectivity index (χ3n) is 5.48. The second kappa shape index (κ2) is 7.89. The number of aliphatic hydroxyl groups excluding tert-OH is 1. The molecule has 2 aromatic heterocycles. The molecule has 3 heterocycles. The minimum absolute atomic E-state index is 0.0230. The largest absolute Gasteiger partial charge is 0.396 e. The number of hydrogen-bond donors (Lipinski definition) is 4. The second-order valence-electron chi connectivity index (χ2n) is 7.37. The summed E-state index contributed by atoms with van der Waals surface area (Å²) in [7, 11) is 0. The molecule has 0 saturated carbocycles. The van der Waals surface area contributed by atoms with Crippen LogP contribution in [-0.4, -0.2) is 36.7 Å². The summed E-state index contributed by atoms with van der Waals surface area (Å²) in [6.07, 6.45) is 1.97. The number of aliphatic hydroxyl groups is 1. The summed E-state index contributed by atoms with van der Waals surface area (Å²) < 4.78 is 16.0. The van der Waals surface area contributed by atoms with Crippen LogP contribution in [-0.2, 0) is 6.54 Å². The molecule has 10 heteroatoms. The van der Waals surface area contributed by atoms with Crippen LogP contribution in [0.4, 0.5) is 10.1 Å². The maximum Gasteiger partial charge on any atom is 0.272 e. The van der Waals surface area contributed by atoms with Crippen LogP contribution in [0.2, 0.25) is 0 Å². The number of aryl methyl sites for hydroxylation is 1. The van der Waals surface area contributed by atoms with Crippen LogP contribution in [0, 0.1) is 5.82 Å². The monoisotopic (exact) mass is 421 g/mol. The van der Waals surface area contributed by atoms with Gasteiger partial charge in [0.15, 0.2) is 0 Å². The van der Waals surface area contributed by atoms with Gasteiger partial charge in [0.05, 0.1) is 28.7 Å². The SMILES string of the molecule is O=c1[nH]nc2c3c(cc(F)cc13)NNC(c1ccccc1)C2c1ncnn1CCCO. The molecule has 9 nitrogen and oxygen atoms in total. The average molecular weight is 421 g/mol. The number of nitrogens with one attached hydrogen (secondary N) is 3. The molecule has 4 aromatic rings. The zero-order chi connectivity index (χ0) is 21.4. The second-order valence-corrected chi connectivity index (χ2v) is 7.37. The van der Waals surface area contributed by atoms with Crippen LogP contribution < -0.4 is 16.4 Å². The molecule has 31 heavy (non-hydrogen) atoms. The fraction of sp³-hybridized carbons (Fsp3) is 0.238. The van der Waals surface area contributed by atoms with E-state index in [2.05, 4.69) is 31.1 Å². The summed E-state index contributed by atoms with van der Waals surface area (Å²) in [4.78, 5) is 17.0. The van der Waals surface area contributed by atoms with Gasteiger partial charge in [0.2, 0.25) is 0 Å². The lowest BCUT2D eigenvalue weighted by Gasteiger charge is -2.26. The van der Waals surface area contributed by atoms with Crippen molar-refractivity contribution in [3.05, 3.63) is 82.0 Å². The molecular weight excluding hydrogens is 401 g/mol.